The molecule has 1 heterocycles. The van der Waals surface area contributed by atoms with Crippen LogP contribution < -0.4 is 15.4 Å². The average molecular weight is 424 g/mol. The van der Waals surface area contributed by atoms with Crippen LogP contribution in [-0.2, 0) is 11.2 Å². The Kier molecular flexibility index (Phi) is 8.33. The van der Waals surface area contributed by atoms with Crippen LogP contribution in [0.15, 0.2) is 48.5 Å². The zero-order valence-corrected chi connectivity index (χ0v) is 18.5. The van der Waals surface area contributed by atoms with E-state index in [0.717, 1.165) is 54.9 Å². The SMILES string of the molecule is COc1cccc(CCC(=O)NCCC2CCN(C(=O)Nc3cccc(C)c3)CC2)c1. The second kappa shape index (κ2) is 11.4. The zero-order chi connectivity index (χ0) is 22.1. The number of hydrogen-bond acceptors (Lipinski definition) is 3. The van der Waals surface area contributed by atoms with Crippen LogP contribution in [0.1, 0.15) is 36.8 Å². The highest BCUT2D eigenvalue weighted by Gasteiger charge is 2.22. The molecule has 6 nitrogen and oxygen atoms in total. The third kappa shape index (κ3) is 7.31. The molecule has 2 N–H and O–H groups in total. The summed E-state index contributed by atoms with van der Waals surface area (Å²) in [6.45, 7) is 4.22. The molecule has 1 fully saturated rings. The largest absolute Gasteiger partial charge is 0.497 e. The van der Waals surface area contributed by atoms with Crippen LogP contribution in [0.4, 0.5) is 10.5 Å². The van der Waals surface area contributed by atoms with Gasteiger partial charge in [0, 0.05) is 31.7 Å². The molecule has 166 valence electrons. The number of urea groups is 1. The Morgan fingerprint density at radius 1 is 1.10 bits per heavy atom. The molecule has 3 amide bonds. The van der Waals surface area contributed by atoms with Crippen molar-refractivity contribution in [2.45, 2.75) is 39.0 Å². The fourth-order valence-electron chi connectivity index (χ4n) is 3.94. The highest BCUT2D eigenvalue weighted by Crippen LogP contribution is 2.21. The third-order valence-corrected chi connectivity index (χ3v) is 5.82. The second-order valence-electron chi connectivity index (χ2n) is 8.22. The molecule has 0 unspecified atom stereocenters. The molecule has 0 radical (unpaired) electrons. The minimum atomic E-state index is -0.0325. The molecule has 0 spiro atoms. The monoisotopic (exact) mass is 423 g/mol. The molecule has 0 aliphatic carbocycles. The number of likely N-dealkylation sites (tertiary alicyclic amines) is 1. The first kappa shape index (κ1) is 22.7. The van der Waals surface area contributed by atoms with E-state index in [2.05, 4.69) is 10.6 Å². The number of hydrogen-bond donors (Lipinski definition) is 2. The lowest BCUT2D eigenvalue weighted by atomic mass is 9.93. The molecule has 2 aromatic rings. The number of piperidine rings is 1. The minimum absolute atomic E-state index is 0.0325. The van der Waals surface area contributed by atoms with Crippen LogP contribution in [0.5, 0.6) is 5.75 Å². The van der Waals surface area contributed by atoms with E-state index in [-0.39, 0.29) is 11.9 Å². The van der Waals surface area contributed by atoms with E-state index in [4.69, 9.17) is 4.74 Å². The summed E-state index contributed by atoms with van der Waals surface area (Å²) in [6.07, 6.45) is 4.09. The number of carbonyl (C=O) groups is 2. The maximum atomic E-state index is 12.5. The van der Waals surface area contributed by atoms with Crippen LogP contribution in [0, 0.1) is 12.8 Å². The summed E-state index contributed by atoms with van der Waals surface area (Å²) < 4.78 is 5.22. The first-order valence-corrected chi connectivity index (χ1v) is 11.1. The normalized spacial score (nSPS) is 14.2. The maximum Gasteiger partial charge on any atom is 0.321 e. The molecule has 6 heteroatoms. The quantitative estimate of drug-likeness (QED) is 0.662. The van der Waals surface area contributed by atoms with Gasteiger partial charge in [-0.05, 0) is 73.9 Å². The van der Waals surface area contributed by atoms with E-state index in [1.165, 1.54) is 0 Å². The number of benzene rings is 2. The summed E-state index contributed by atoms with van der Waals surface area (Å²) in [4.78, 5) is 26.5. The summed E-state index contributed by atoms with van der Waals surface area (Å²) >= 11 is 0. The molecular weight excluding hydrogens is 390 g/mol. The summed E-state index contributed by atoms with van der Waals surface area (Å²) in [6, 6.07) is 15.6. The van der Waals surface area contributed by atoms with Crippen molar-refractivity contribution in [3.63, 3.8) is 0 Å². The highest BCUT2D eigenvalue weighted by atomic mass is 16.5. The van der Waals surface area contributed by atoms with Crippen molar-refractivity contribution in [3.05, 3.63) is 59.7 Å². The van der Waals surface area contributed by atoms with Gasteiger partial charge < -0.3 is 20.3 Å². The number of ether oxygens (including phenoxy) is 1. The fourth-order valence-corrected chi connectivity index (χ4v) is 3.94. The molecule has 1 aliphatic heterocycles. The van der Waals surface area contributed by atoms with Crippen LogP contribution in [0.25, 0.3) is 0 Å². The number of carbonyl (C=O) groups excluding carboxylic acids is 2. The van der Waals surface area contributed by atoms with E-state index >= 15 is 0 Å². The van der Waals surface area contributed by atoms with E-state index < -0.39 is 0 Å². The molecule has 3 rings (SSSR count). The topological polar surface area (TPSA) is 70.7 Å². The zero-order valence-electron chi connectivity index (χ0n) is 18.5. The number of rotatable bonds is 8. The molecule has 1 aliphatic rings. The van der Waals surface area contributed by atoms with Gasteiger partial charge in [-0.2, -0.15) is 0 Å². The van der Waals surface area contributed by atoms with Gasteiger partial charge >= 0.3 is 6.03 Å². The summed E-state index contributed by atoms with van der Waals surface area (Å²) in [5, 5.41) is 6.02. The standard InChI is InChI=1S/C25H33N3O3/c1-19-5-3-7-22(17-19)27-25(30)28-15-12-20(13-16-28)11-14-26-24(29)10-9-21-6-4-8-23(18-21)31-2/h3-8,17-18,20H,9-16H2,1-2H3,(H,26,29)(H,27,30). The van der Waals surface area contributed by atoms with Gasteiger partial charge in [-0.1, -0.05) is 24.3 Å². The first-order valence-electron chi connectivity index (χ1n) is 11.1. The Labute approximate surface area is 185 Å². The Balaban J connectivity index is 1.31. The van der Waals surface area contributed by atoms with E-state index in [1.807, 2.05) is 60.4 Å². The van der Waals surface area contributed by atoms with Crippen molar-refractivity contribution in [1.82, 2.24) is 10.2 Å². The van der Waals surface area contributed by atoms with Gasteiger partial charge in [0.25, 0.3) is 0 Å². The van der Waals surface area contributed by atoms with Gasteiger partial charge in [0.15, 0.2) is 0 Å². The molecule has 31 heavy (non-hydrogen) atoms. The first-order chi connectivity index (χ1) is 15.0. The smallest absolute Gasteiger partial charge is 0.321 e. The van der Waals surface area contributed by atoms with Crippen LogP contribution in [0.2, 0.25) is 0 Å². The molecule has 0 atom stereocenters. The number of aryl methyl sites for hydroxylation is 2. The van der Waals surface area contributed by atoms with Gasteiger partial charge in [-0.15, -0.1) is 0 Å². The number of anilines is 1. The third-order valence-electron chi connectivity index (χ3n) is 5.82. The average Bonchev–Trinajstić information content (AvgIpc) is 2.78. The van der Waals surface area contributed by atoms with Crippen LogP contribution >= 0.6 is 0 Å². The van der Waals surface area contributed by atoms with Gasteiger partial charge in [-0.3, -0.25) is 4.79 Å². The van der Waals surface area contributed by atoms with Gasteiger partial charge in [0.2, 0.25) is 5.91 Å². The van der Waals surface area contributed by atoms with Gasteiger partial charge in [-0.25, -0.2) is 4.79 Å². The molecular formula is C25H33N3O3. The van der Waals surface area contributed by atoms with Gasteiger partial charge in [0.1, 0.15) is 5.75 Å². The Morgan fingerprint density at radius 3 is 2.61 bits per heavy atom. The Morgan fingerprint density at radius 2 is 1.87 bits per heavy atom. The molecule has 0 saturated carbocycles. The molecule has 2 aromatic carbocycles. The fraction of sp³-hybridized carbons (Fsp3) is 0.440. The Bertz CT molecular complexity index is 876. The number of methoxy groups -OCH3 is 1. The van der Waals surface area contributed by atoms with E-state index in [0.29, 0.717) is 25.3 Å². The number of nitrogens with one attached hydrogen (secondary N) is 2. The predicted molar refractivity (Wildman–Crippen MR) is 123 cm³/mol. The lowest BCUT2D eigenvalue weighted by Gasteiger charge is -2.32. The van der Waals surface area contributed by atoms with Crippen molar-refractivity contribution in [2.75, 3.05) is 32.1 Å². The van der Waals surface area contributed by atoms with Crippen molar-refractivity contribution < 1.29 is 14.3 Å². The van der Waals surface area contributed by atoms with Crippen molar-refractivity contribution in [1.29, 1.82) is 0 Å². The minimum Gasteiger partial charge on any atom is -0.497 e. The van der Waals surface area contributed by atoms with E-state index in [1.54, 1.807) is 7.11 Å². The van der Waals surface area contributed by atoms with E-state index in [9.17, 15) is 9.59 Å². The second-order valence-corrected chi connectivity index (χ2v) is 8.22. The van der Waals surface area contributed by atoms with Crippen molar-refractivity contribution in [3.8, 4) is 5.75 Å². The van der Waals surface area contributed by atoms with Crippen molar-refractivity contribution >= 4 is 17.6 Å². The highest BCUT2D eigenvalue weighted by molar-refractivity contribution is 5.89. The predicted octanol–water partition coefficient (Wildman–Crippen LogP) is 4.39. The summed E-state index contributed by atoms with van der Waals surface area (Å²) in [7, 11) is 1.65. The van der Waals surface area contributed by atoms with Gasteiger partial charge in [0.05, 0.1) is 7.11 Å². The lowest BCUT2D eigenvalue weighted by Crippen LogP contribution is -2.41. The summed E-state index contributed by atoms with van der Waals surface area (Å²) in [5.41, 5.74) is 3.07. The van der Waals surface area contributed by atoms with Crippen molar-refractivity contribution in [2.24, 2.45) is 5.92 Å². The molecule has 0 aromatic heterocycles. The molecule has 1 saturated heterocycles. The lowest BCUT2D eigenvalue weighted by molar-refractivity contribution is -0.121. The van der Waals surface area contributed by atoms with Crippen LogP contribution in [0.3, 0.4) is 0 Å². The number of amides is 3. The summed E-state index contributed by atoms with van der Waals surface area (Å²) in [5.74, 6) is 1.44. The Hall–Kier alpha value is -3.02. The molecule has 0 bridgehead atoms. The maximum absolute atomic E-state index is 12.5. The van der Waals surface area contributed by atoms with Crippen LogP contribution in [-0.4, -0.2) is 43.6 Å². The number of nitrogens with zero attached hydrogens (tertiary/aromatic N) is 1.